The number of benzene rings is 1. The topological polar surface area (TPSA) is 55.6 Å². The van der Waals surface area contributed by atoms with Crippen LogP contribution in [0.25, 0.3) is 0 Å². The standard InChI is InChI=1S/C14H22N2O2/c1-11(2)16(14(17)13(9-15)18-3)10-12-7-5-4-6-8-12/h4-8,11,13H,9-10,15H2,1-3H3. The SMILES string of the molecule is COC(CN)C(=O)N(Cc1ccccc1)C(C)C. The first-order valence-corrected chi connectivity index (χ1v) is 6.17. The lowest BCUT2D eigenvalue weighted by atomic mass is 10.1. The molecule has 1 aromatic rings. The van der Waals surface area contributed by atoms with Gasteiger partial charge < -0.3 is 15.4 Å². The van der Waals surface area contributed by atoms with Crippen LogP contribution in [0.3, 0.4) is 0 Å². The first-order valence-electron chi connectivity index (χ1n) is 6.17. The summed E-state index contributed by atoms with van der Waals surface area (Å²) < 4.78 is 5.11. The van der Waals surface area contributed by atoms with Gasteiger partial charge in [0.1, 0.15) is 6.10 Å². The zero-order valence-electron chi connectivity index (χ0n) is 11.3. The minimum Gasteiger partial charge on any atom is -0.370 e. The Morgan fingerprint density at radius 1 is 1.33 bits per heavy atom. The van der Waals surface area contributed by atoms with Gasteiger partial charge in [0, 0.05) is 26.2 Å². The van der Waals surface area contributed by atoms with E-state index >= 15 is 0 Å². The van der Waals surface area contributed by atoms with Gasteiger partial charge in [-0.05, 0) is 19.4 Å². The van der Waals surface area contributed by atoms with Crippen molar-refractivity contribution >= 4 is 5.91 Å². The minimum atomic E-state index is -0.559. The zero-order valence-corrected chi connectivity index (χ0v) is 11.3. The molecule has 1 rings (SSSR count). The van der Waals surface area contributed by atoms with Crippen molar-refractivity contribution in [3.63, 3.8) is 0 Å². The lowest BCUT2D eigenvalue weighted by molar-refractivity contribution is -0.143. The smallest absolute Gasteiger partial charge is 0.253 e. The number of nitrogens with zero attached hydrogens (tertiary/aromatic N) is 1. The van der Waals surface area contributed by atoms with E-state index in [1.165, 1.54) is 7.11 Å². The van der Waals surface area contributed by atoms with Crippen molar-refractivity contribution in [2.75, 3.05) is 13.7 Å². The van der Waals surface area contributed by atoms with Crippen LogP contribution in [0, 0.1) is 0 Å². The van der Waals surface area contributed by atoms with Gasteiger partial charge in [-0.25, -0.2) is 0 Å². The molecule has 1 amide bonds. The van der Waals surface area contributed by atoms with Crippen LogP contribution in [0.15, 0.2) is 30.3 Å². The molecule has 1 aromatic carbocycles. The van der Waals surface area contributed by atoms with Gasteiger partial charge in [-0.2, -0.15) is 0 Å². The fraction of sp³-hybridized carbons (Fsp3) is 0.500. The average molecular weight is 250 g/mol. The van der Waals surface area contributed by atoms with E-state index in [4.69, 9.17) is 10.5 Å². The molecule has 0 bridgehead atoms. The van der Waals surface area contributed by atoms with Gasteiger partial charge in [0.2, 0.25) is 0 Å². The van der Waals surface area contributed by atoms with Crippen LogP contribution in [0.4, 0.5) is 0 Å². The number of carbonyl (C=O) groups is 1. The van der Waals surface area contributed by atoms with Crippen LogP contribution in [0.2, 0.25) is 0 Å². The molecule has 18 heavy (non-hydrogen) atoms. The Morgan fingerprint density at radius 2 is 1.94 bits per heavy atom. The van der Waals surface area contributed by atoms with E-state index in [1.54, 1.807) is 4.90 Å². The van der Waals surface area contributed by atoms with Crippen LogP contribution in [0.1, 0.15) is 19.4 Å². The molecule has 0 spiro atoms. The molecule has 100 valence electrons. The fourth-order valence-electron chi connectivity index (χ4n) is 1.78. The summed E-state index contributed by atoms with van der Waals surface area (Å²) in [5.74, 6) is -0.0566. The van der Waals surface area contributed by atoms with Crippen molar-refractivity contribution in [3.05, 3.63) is 35.9 Å². The second kappa shape index (κ2) is 7.13. The highest BCUT2D eigenvalue weighted by atomic mass is 16.5. The molecule has 1 unspecified atom stereocenters. The third kappa shape index (κ3) is 3.82. The van der Waals surface area contributed by atoms with Crippen molar-refractivity contribution in [2.24, 2.45) is 5.73 Å². The van der Waals surface area contributed by atoms with E-state index in [2.05, 4.69) is 0 Å². The van der Waals surface area contributed by atoms with Gasteiger partial charge in [-0.15, -0.1) is 0 Å². The lowest BCUT2D eigenvalue weighted by Gasteiger charge is -2.29. The van der Waals surface area contributed by atoms with Crippen molar-refractivity contribution in [1.29, 1.82) is 0 Å². The Bertz CT molecular complexity index is 361. The average Bonchev–Trinajstić information content (AvgIpc) is 2.38. The van der Waals surface area contributed by atoms with Crippen molar-refractivity contribution in [2.45, 2.75) is 32.5 Å². The first kappa shape index (κ1) is 14.7. The van der Waals surface area contributed by atoms with Crippen LogP contribution in [0.5, 0.6) is 0 Å². The van der Waals surface area contributed by atoms with Crippen molar-refractivity contribution in [1.82, 2.24) is 4.90 Å². The number of nitrogens with two attached hydrogens (primary N) is 1. The van der Waals surface area contributed by atoms with Crippen LogP contribution in [-0.2, 0) is 16.1 Å². The van der Waals surface area contributed by atoms with Gasteiger partial charge >= 0.3 is 0 Å². The molecule has 2 N–H and O–H groups in total. The maximum Gasteiger partial charge on any atom is 0.253 e. The molecule has 0 heterocycles. The normalized spacial score (nSPS) is 12.5. The largest absolute Gasteiger partial charge is 0.370 e. The summed E-state index contributed by atoms with van der Waals surface area (Å²) in [5, 5.41) is 0. The molecule has 0 aliphatic rings. The van der Waals surface area contributed by atoms with Gasteiger partial charge in [-0.3, -0.25) is 4.79 Å². The Balaban J connectivity index is 2.80. The third-order valence-electron chi connectivity index (χ3n) is 2.88. The molecule has 4 heteroatoms. The van der Waals surface area contributed by atoms with E-state index in [-0.39, 0.29) is 18.5 Å². The van der Waals surface area contributed by atoms with Gasteiger partial charge in [0.25, 0.3) is 5.91 Å². The van der Waals surface area contributed by atoms with Gasteiger partial charge in [-0.1, -0.05) is 30.3 Å². The summed E-state index contributed by atoms with van der Waals surface area (Å²) in [7, 11) is 1.51. The Hall–Kier alpha value is -1.39. The zero-order chi connectivity index (χ0) is 13.5. The van der Waals surface area contributed by atoms with E-state index in [0.29, 0.717) is 6.54 Å². The maximum atomic E-state index is 12.3. The molecule has 0 aliphatic carbocycles. The molecule has 1 atom stereocenters. The molecule has 0 saturated carbocycles. The summed E-state index contributed by atoms with van der Waals surface area (Å²) in [6.07, 6.45) is -0.559. The predicted octanol–water partition coefficient (Wildman–Crippen LogP) is 1.40. The Kier molecular flexibility index (Phi) is 5.82. The highest BCUT2D eigenvalue weighted by Gasteiger charge is 2.24. The number of hydrogen-bond donors (Lipinski definition) is 1. The molecule has 0 aliphatic heterocycles. The van der Waals surface area contributed by atoms with Gasteiger partial charge in [0.05, 0.1) is 0 Å². The summed E-state index contributed by atoms with van der Waals surface area (Å²) in [4.78, 5) is 14.1. The highest BCUT2D eigenvalue weighted by Crippen LogP contribution is 2.10. The summed E-state index contributed by atoms with van der Waals surface area (Å²) in [6, 6.07) is 10.0. The number of carbonyl (C=O) groups excluding carboxylic acids is 1. The van der Waals surface area contributed by atoms with Crippen molar-refractivity contribution in [3.8, 4) is 0 Å². The molecule has 4 nitrogen and oxygen atoms in total. The second-order valence-corrected chi connectivity index (χ2v) is 4.51. The maximum absolute atomic E-state index is 12.3. The molecule has 0 radical (unpaired) electrons. The molecular formula is C14H22N2O2. The Morgan fingerprint density at radius 3 is 2.39 bits per heavy atom. The van der Waals surface area contributed by atoms with E-state index in [9.17, 15) is 4.79 Å². The third-order valence-corrected chi connectivity index (χ3v) is 2.88. The number of rotatable bonds is 6. The summed E-state index contributed by atoms with van der Waals surface area (Å²) in [5.41, 5.74) is 6.65. The number of methoxy groups -OCH3 is 1. The highest BCUT2D eigenvalue weighted by molar-refractivity contribution is 5.81. The van der Waals surface area contributed by atoms with Crippen LogP contribution >= 0.6 is 0 Å². The monoisotopic (exact) mass is 250 g/mol. The summed E-state index contributed by atoms with van der Waals surface area (Å²) in [6.45, 7) is 4.76. The van der Waals surface area contributed by atoms with Gasteiger partial charge in [0.15, 0.2) is 0 Å². The number of hydrogen-bond acceptors (Lipinski definition) is 3. The quantitative estimate of drug-likeness (QED) is 0.830. The molecular weight excluding hydrogens is 228 g/mol. The van der Waals surface area contributed by atoms with Crippen LogP contribution in [-0.4, -0.2) is 36.6 Å². The fourth-order valence-corrected chi connectivity index (χ4v) is 1.78. The molecule has 0 aromatic heterocycles. The van der Waals surface area contributed by atoms with E-state index < -0.39 is 6.10 Å². The minimum absolute atomic E-state index is 0.0566. The van der Waals surface area contributed by atoms with E-state index in [1.807, 2.05) is 44.2 Å². The molecule has 0 fully saturated rings. The Labute approximate surface area is 109 Å². The van der Waals surface area contributed by atoms with Crippen LogP contribution < -0.4 is 5.73 Å². The molecule has 0 saturated heterocycles. The number of amides is 1. The van der Waals surface area contributed by atoms with E-state index in [0.717, 1.165) is 5.56 Å². The lowest BCUT2D eigenvalue weighted by Crippen LogP contribution is -2.46. The van der Waals surface area contributed by atoms with Crippen molar-refractivity contribution < 1.29 is 9.53 Å². The first-order chi connectivity index (χ1) is 8.60. The predicted molar refractivity (Wildman–Crippen MR) is 72.0 cm³/mol. The second-order valence-electron chi connectivity index (χ2n) is 4.51. The number of ether oxygens (including phenoxy) is 1. The summed E-state index contributed by atoms with van der Waals surface area (Å²) >= 11 is 0.